The lowest BCUT2D eigenvalue weighted by molar-refractivity contribution is 0.634. The summed E-state index contributed by atoms with van der Waals surface area (Å²) in [7, 11) is 0. The summed E-state index contributed by atoms with van der Waals surface area (Å²) in [5.41, 5.74) is 2.50. The van der Waals surface area contributed by atoms with Crippen molar-refractivity contribution in [2.24, 2.45) is 0 Å². The lowest BCUT2D eigenvalue weighted by atomic mass is 10.1. The Kier molecular flexibility index (Phi) is 4.68. The summed E-state index contributed by atoms with van der Waals surface area (Å²) in [5.74, 6) is 0.545. The van der Waals surface area contributed by atoms with Crippen LogP contribution in [0.5, 0.6) is 0 Å². The molecule has 0 bridgehead atoms. The van der Waals surface area contributed by atoms with Crippen molar-refractivity contribution in [2.45, 2.75) is 45.2 Å². The van der Waals surface area contributed by atoms with Crippen molar-refractivity contribution in [3.8, 4) is 0 Å². The van der Waals surface area contributed by atoms with E-state index < -0.39 is 0 Å². The van der Waals surface area contributed by atoms with Crippen LogP contribution in [0.3, 0.4) is 0 Å². The van der Waals surface area contributed by atoms with Gasteiger partial charge in [-0.05, 0) is 43.1 Å². The zero-order chi connectivity index (χ0) is 15.4. The molecular weight excluding hydrogens is 294 g/mol. The summed E-state index contributed by atoms with van der Waals surface area (Å²) in [6.45, 7) is 2.82. The van der Waals surface area contributed by atoms with Gasteiger partial charge in [0, 0.05) is 6.04 Å². The van der Waals surface area contributed by atoms with Crippen molar-refractivity contribution in [1.82, 2.24) is 20.1 Å². The number of aromatic nitrogens is 3. The minimum atomic E-state index is 0.494. The molecule has 1 heterocycles. The van der Waals surface area contributed by atoms with E-state index in [0.29, 0.717) is 23.6 Å². The predicted octanol–water partition coefficient (Wildman–Crippen LogP) is 2.86. The van der Waals surface area contributed by atoms with Crippen LogP contribution >= 0.6 is 12.2 Å². The highest BCUT2D eigenvalue weighted by molar-refractivity contribution is 7.80. The molecule has 0 aliphatic heterocycles. The molecule has 2 aromatic rings. The zero-order valence-electron chi connectivity index (χ0n) is 12.7. The molecule has 0 spiro atoms. The number of aryl methyl sites for hydroxylation is 1. The molecule has 1 fully saturated rings. The highest BCUT2D eigenvalue weighted by atomic mass is 32.1. The average Bonchev–Trinajstić information content (AvgIpc) is 3.14. The monoisotopic (exact) mass is 315 g/mol. The molecule has 1 aliphatic rings. The van der Waals surface area contributed by atoms with Crippen LogP contribution in [0, 0.1) is 6.92 Å². The van der Waals surface area contributed by atoms with Crippen molar-refractivity contribution in [2.75, 3.05) is 5.32 Å². The SMILES string of the molecule is Cc1ccccc1Cn1cnc(NC(=S)NC2CCCC2)n1. The minimum Gasteiger partial charge on any atom is -0.360 e. The quantitative estimate of drug-likeness (QED) is 0.850. The Morgan fingerprint density at radius 3 is 2.86 bits per heavy atom. The van der Waals surface area contributed by atoms with Gasteiger partial charge in [-0.2, -0.15) is 0 Å². The van der Waals surface area contributed by atoms with Gasteiger partial charge in [0.05, 0.1) is 6.54 Å². The fourth-order valence-corrected chi connectivity index (χ4v) is 3.04. The molecule has 5 nitrogen and oxygen atoms in total. The molecule has 0 saturated heterocycles. The molecule has 0 atom stereocenters. The number of hydrogen-bond acceptors (Lipinski definition) is 3. The zero-order valence-corrected chi connectivity index (χ0v) is 13.6. The molecule has 0 amide bonds. The van der Waals surface area contributed by atoms with Gasteiger partial charge < -0.3 is 5.32 Å². The Labute approximate surface area is 136 Å². The van der Waals surface area contributed by atoms with Crippen LogP contribution < -0.4 is 10.6 Å². The molecule has 0 unspecified atom stereocenters. The number of nitrogens with zero attached hydrogens (tertiary/aromatic N) is 3. The van der Waals surface area contributed by atoms with Crippen molar-refractivity contribution >= 4 is 23.3 Å². The van der Waals surface area contributed by atoms with E-state index in [9.17, 15) is 0 Å². The standard InChI is InChI=1S/C16H21N5S/c1-12-6-2-3-7-13(12)10-21-11-17-15(20-21)19-16(22)18-14-8-4-5-9-14/h2-3,6-7,11,14H,4-5,8-10H2,1H3,(H2,18,19,20,22). The number of benzene rings is 1. The van der Waals surface area contributed by atoms with Crippen molar-refractivity contribution < 1.29 is 0 Å². The summed E-state index contributed by atoms with van der Waals surface area (Å²) in [6, 6.07) is 8.79. The van der Waals surface area contributed by atoms with Crippen LogP contribution in [0.15, 0.2) is 30.6 Å². The number of hydrogen-bond donors (Lipinski definition) is 2. The van der Waals surface area contributed by atoms with E-state index in [4.69, 9.17) is 12.2 Å². The normalized spacial score (nSPS) is 15.0. The van der Waals surface area contributed by atoms with Crippen LogP contribution in [0.4, 0.5) is 5.95 Å². The van der Waals surface area contributed by atoms with E-state index in [1.165, 1.54) is 36.8 Å². The highest BCUT2D eigenvalue weighted by Crippen LogP contribution is 2.17. The predicted molar refractivity (Wildman–Crippen MR) is 91.9 cm³/mol. The topological polar surface area (TPSA) is 54.8 Å². The second-order valence-corrected chi connectivity index (χ2v) is 6.18. The Bertz CT molecular complexity index is 645. The molecule has 22 heavy (non-hydrogen) atoms. The second-order valence-electron chi connectivity index (χ2n) is 5.77. The van der Waals surface area contributed by atoms with Crippen LogP contribution in [0.1, 0.15) is 36.8 Å². The Morgan fingerprint density at radius 2 is 2.09 bits per heavy atom. The molecule has 3 rings (SSSR count). The van der Waals surface area contributed by atoms with Gasteiger partial charge in [-0.3, -0.25) is 5.32 Å². The summed E-state index contributed by atoms with van der Waals surface area (Å²) in [5, 5.41) is 11.4. The van der Waals surface area contributed by atoms with E-state index in [1.807, 2.05) is 16.8 Å². The van der Waals surface area contributed by atoms with Gasteiger partial charge in [0.15, 0.2) is 5.11 Å². The molecular formula is C16H21N5S. The molecule has 1 saturated carbocycles. The third-order valence-electron chi connectivity index (χ3n) is 4.05. The van der Waals surface area contributed by atoms with Crippen molar-refractivity contribution in [1.29, 1.82) is 0 Å². The number of thiocarbonyl (C=S) groups is 1. The smallest absolute Gasteiger partial charge is 0.248 e. The molecule has 0 radical (unpaired) electrons. The molecule has 1 aliphatic carbocycles. The van der Waals surface area contributed by atoms with Gasteiger partial charge >= 0.3 is 0 Å². The second kappa shape index (κ2) is 6.87. The van der Waals surface area contributed by atoms with Crippen LogP contribution in [0.2, 0.25) is 0 Å². The fourth-order valence-electron chi connectivity index (χ4n) is 2.78. The lowest BCUT2D eigenvalue weighted by Crippen LogP contribution is -2.36. The summed E-state index contributed by atoms with van der Waals surface area (Å²) < 4.78 is 1.82. The van der Waals surface area contributed by atoms with Gasteiger partial charge in [0.25, 0.3) is 0 Å². The van der Waals surface area contributed by atoms with E-state index in [1.54, 1.807) is 6.33 Å². The van der Waals surface area contributed by atoms with E-state index in [-0.39, 0.29) is 0 Å². The molecule has 116 valence electrons. The van der Waals surface area contributed by atoms with E-state index in [0.717, 1.165) is 0 Å². The first kappa shape index (κ1) is 15.0. The Morgan fingerprint density at radius 1 is 1.32 bits per heavy atom. The summed E-state index contributed by atoms with van der Waals surface area (Å²) in [6.07, 6.45) is 6.67. The first-order chi connectivity index (χ1) is 10.7. The van der Waals surface area contributed by atoms with Gasteiger partial charge in [-0.1, -0.05) is 37.1 Å². The maximum atomic E-state index is 5.32. The van der Waals surface area contributed by atoms with E-state index in [2.05, 4.69) is 39.8 Å². The maximum Gasteiger partial charge on any atom is 0.248 e. The number of rotatable bonds is 4. The molecule has 6 heteroatoms. The molecule has 1 aromatic carbocycles. The first-order valence-corrected chi connectivity index (χ1v) is 8.13. The van der Waals surface area contributed by atoms with Gasteiger partial charge in [-0.15, -0.1) is 5.10 Å². The van der Waals surface area contributed by atoms with Crippen molar-refractivity contribution in [3.05, 3.63) is 41.7 Å². The van der Waals surface area contributed by atoms with E-state index >= 15 is 0 Å². The van der Waals surface area contributed by atoms with Gasteiger partial charge in [-0.25, -0.2) is 9.67 Å². The van der Waals surface area contributed by atoms with Crippen LogP contribution in [-0.2, 0) is 6.54 Å². The molecule has 2 N–H and O–H groups in total. The summed E-state index contributed by atoms with van der Waals surface area (Å²) in [4.78, 5) is 4.27. The largest absolute Gasteiger partial charge is 0.360 e. The number of anilines is 1. The third kappa shape index (κ3) is 3.82. The fraction of sp³-hybridized carbons (Fsp3) is 0.438. The molecule has 1 aromatic heterocycles. The van der Waals surface area contributed by atoms with Crippen molar-refractivity contribution in [3.63, 3.8) is 0 Å². The lowest BCUT2D eigenvalue weighted by Gasteiger charge is -2.13. The average molecular weight is 315 g/mol. The maximum absolute atomic E-state index is 5.32. The van der Waals surface area contributed by atoms with Crippen LogP contribution in [-0.4, -0.2) is 25.9 Å². The van der Waals surface area contributed by atoms with Gasteiger partial charge in [0.2, 0.25) is 5.95 Å². The number of nitrogens with one attached hydrogen (secondary N) is 2. The summed E-state index contributed by atoms with van der Waals surface area (Å²) >= 11 is 5.32. The minimum absolute atomic E-state index is 0.494. The first-order valence-electron chi connectivity index (χ1n) is 7.72. The highest BCUT2D eigenvalue weighted by Gasteiger charge is 2.16. The Balaban J connectivity index is 1.56. The third-order valence-corrected chi connectivity index (χ3v) is 4.27. The van der Waals surface area contributed by atoms with Crippen LogP contribution in [0.25, 0.3) is 0 Å². The Hall–Kier alpha value is -1.95. The van der Waals surface area contributed by atoms with Gasteiger partial charge in [0.1, 0.15) is 6.33 Å².